The van der Waals surface area contributed by atoms with E-state index in [1.807, 2.05) is 19.2 Å². The molecule has 1 fully saturated rings. The Labute approximate surface area is 104 Å². The van der Waals surface area contributed by atoms with E-state index in [1.165, 1.54) is 25.7 Å². The van der Waals surface area contributed by atoms with Gasteiger partial charge in [-0.15, -0.1) is 0 Å². The zero-order valence-electron chi connectivity index (χ0n) is 10.6. The predicted molar refractivity (Wildman–Crippen MR) is 70.3 cm³/mol. The number of rotatable bonds is 6. The number of aromatic nitrogens is 1. The van der Waals surface area contributed by atoms with Crippen LogP contribution < -0.4 is 5.32 Å². The molecule has 1 aromatic rings. The van der Waals surface area contributed by atoms with Gasteiger partial charge < -0.3 is 10.1 Å². The molecule has 3 heteroatoms. The van der Waals surface area contributed by atoms with Crippen LogP contribution in [-0.4, -0.2) is 24.2 Å². The van der Waals surface area contributed by atoms with Crippen LogP contribution in [0.5, 0.6) is 0 Å². The van der Waals surface area contributed by atoms with Gasteiger partial charge in [0.2, 0.25) is 0 Å². The number of hydrogen-bond donors (Lipinski definition) is 1. The molecule has 1 aliphatic rings. The second-order valence-corrected chi connectivity index (χ2v) is 4.74. The summed E-state index contributed by atoms with van der Waals surface area (Å²) in [5.41, 5.74) is 2.20. The zero-order valence-corrected chi connectivity index (χ0v) is 10.6. The van der Waals surface area contributed by atoms with Crippen LogP contribution in [0, 0.1) is 6.92 Å². The van der Waals surface area contributed by atoms with E-state index in [0.29, 0.717) is 6.10 Å². The largest absolute Gasteiger partial charge is 0.385 e. The Kier molecular flexibility index (Phi) is 4.80. The van der Waals surface area contributed by atoms with Crippen LogP contribution in [0.15, 0.2) is 18.3 Å². The van der Waals surface area contributed by atoms with Gasteiger partial charge in [0.25, 0.3) is 0 Å². The minimum atomic E-state index is 0.540. The highest BCUT2D eigenvalue weighted by atomic mass is 16.5. The van der Waals surface area contributed by atoms with Gasteiger partial charge in [-0.1, -0.05) is 12.8 Å². The normalized spacial score (nSPS) is 16.3. The van der Waals surface area contributed by atoms with Gasteiger partial charge in [-0.25, -0.2) is 0 Å². The summed E-state index contributed by atoms with van der Waals surface area (Å²) in [5.74, 6) is 0. The number of pyridine rings is 1. The molecule has 1 N–H and O–H groups in total. The molecule has 1 saturated carbocycles. The van der Waals surface area contributed by atoms with E-state index >= 15 is 0 Å². The van der Waals surface area contributed by atoms with Crippen molar-refractivity contribution in [1.82, 2.24) is 4.98 Å². The summed E-state index contributed by atoms with van der Waals surface area (Å²) < 4.78 is 5.81. The fourth-order valence-electron chi connectivity index (χ4n) is 2.27. The van der Waals surface area contributed by atoms with E-state index < -0.39 is 0 Å². The Balaban J connectivity index is 1.56. The lowest BCUT2D eigenvalue weighted by Crippen LogP contribution is -2.11. The molecule has 0 aromatic carbocycles. The first-order valence-corrected chi connectivity index (χ1v) is 6.63. The molecule has 1 aliphatic carbocycles. The van der Waals surface area contributed by atoms with Crippen molar-refractivity contribution in [2.75, 3.05) is 18.5 Å². The summed E-state index contributed by atoms with van der Waals surface area (Å²) >= 11 is 0. The molecule has 3 nitrogen and oxygen atoms in total. The van der Waals surface area contributed by atoms with Gasteiger partial charge in [0, 0.05) is 30.7 Å². The van der Waals surface area contributed by atoms with Crippen molar-refractivity contribution < 1.29 is 4.74 Å². The minimum Gasteiger partial charge on any atom is -0.385 e. The first-order chi connectivity index (χ1) is 8.34. The number of nitrogens with zero attached hydrogens (tertiary/aromatic N) is 1. The van der Waals surface area contributed by atoms with Gasteiger partial charge in [0.1, 0.15) is 0 Å². The van der Waals surface area contributed by atoms with Crippen LogP contribution >= 0.6 is 0 Å². The van der Waals surface area contributed by atoms with Crippen molar-refractivity contribution in [2.24, 2.45) is 0 Å². The van der Waals surface area contributed by atoms with Gasteiger partial charge in [0.05, 0.1) is 6.10 Å². The predicted octanol–water partition coefficient (Wildman–Crippen LogP) is 3.15. The molecule has 0 atom stereocenters. The molecule has 0 spiro atoms. The minimum absolute atomic E-state index is 0.540. The summed E-state index contributed by atoms with van der Waals surface area (Å²) in [4.78, 5) is 4.17. The molecule has 17 heavy (non-hydrogen) atoms. The molecule has 2 rings (SSSR count). The lowest BCUT2D eigenvalue weighted by atomic mass is 10.3. The third-order valence-corrected chi connectivity index (χ3v) is 3.20. The molecular formula is C14H22N2O. The van der Waals surface area contributed by atoms with E-state index in [1.54, 1.807) is 0 Å². The quantitative estimate of drug-likeness (QED) is 0.768. The summed E-state index contributed by atoms with van der Waals surface area (Å²) in [5, 5.41) is 3.39. The van der Waals surface area contributed by atoms with Crippen molar-refractivity contribution in [3.8, 4) is 0 Å². The number of nitrogens with one attached hydrogen (secondary N) is 1. The Hall–Kier alpha value is -1.09. The Morgan fingerprint density at radius 3 is 3.00 bits per heavy atom. The van der Waals surface area contributed by atoms with E-state index in [-0.39, 0.29) is 0 Å². The summed E-state index contributed by atoms with van der Waals surface area (Å²) in [6.07, 6.45) is 8.66. The average Bonchev–Trinajstić information content (AvgIpc) is 2.82. The molecular weight excluding hydrogens is 212 g/mol. The van der Waals surface area contributed by atoms with Crippen molar-refractivity contribution in [3.63, 3.8) is 0 Å². The maximum absolute atomic E-state index is 5.81. The van der Waals surface area contributed by atoms with Crippen molar-refractivity contribution in [1.29, 1.82) is 0 Å². The molecule has 0 unspecified atom stereocenters. The third-order valence-electron chi connectivity index (χ3n) is 3.20. The van der Waals surface area contributed by atoms with Crippen LogP contribution in [0.25, 0.3) is 0 Å². The highest BCUT2D eigenvalue weighted by molar-refractivity contribution is 5.42. The molecule has 0 saturated heterocycles. The van der Waals surface area contributed by atoms with E-state index in [9.17, 15) is 0 Å². The molecule has 0 bridgehead atoms. The number of aryl methyl sites for hydroxylation is 1. The summed E-state index contributed by atoms with van der Waals surface area (Å²) in [7, 11) is 0. The molecule has 94 valence electrons. The molecule has 0 radical (unpaired) electrons. The lowest BCUT2D eigenvalue weighted by Gasteiger charge is -2.11. The van der Waals surface area contributed by atoms with Gasteiger partial charge in [-0.05, 0) is 38.3 Å². The monoisotopic (exact) mass is 234 g/mol. The van der Waals surface area contributed by atoms with Crippen LogP contribution in [0.1, 0.15) is 37.8 Å². The highest BCUT2D eigenvalue weighted by Crippen LogP contribution is 2.20. The summed E-state index contributed by atoms with van der Waals surface area (Å²) in [6, 6.07) is 4.07. The second kappa shape index (κ2) is 6.60. The van der Waals surface area contributed by atoms with E-state index in [4.69, 9.17) is 4.74 Å². The fraction of sp³-hybridized carbons (Fsp3) is 0.643. The highest BCUT2D eigenvalue weighted by Gasteiger charge is 2.14. The number of hydrogen-bond acceptors (Lipinski definition) is 3. The van der Waals surface area contributed by atoms with Crippen molar-refractivity contribution >= 4 is 5.69 Å². The van der Waals surface area contributed by atoms with E-state index in [2.05, 4.69) is 16.4 Å². The standard InChI is InChI=1S/C14H22N2O/c1-12-11-13(7-9-15-12)16-8-4-10-17-14-5-2-3-6-14/h7,9,11,14H,2-6,8,10H2,1H3,(H,15,16). The molecule has 1 aromatic heterocycles. The summed E-state index contributed by atoms with van der Waals surface area (Å²) in [6.45, 7) is 3.85. The van der Waals surface area contributed by atoms with Gasteiger partial charge >= 0.3 is 0 Å². The van der Waals surface area contributed by atoms with Crippen molar-refractivity contribution in [2.45, 2.75) is 45.1 Å². The van der Waals surface area contributed by atoms with Gasteiger partial charge in [-0.2, -0.15) is 0 Å². The zero-order chi connectivity index (χ0) is 11.9. The molecule has 0 amide bonds. The van der Waals surface area contributed by atoms with Crippen LogP contribution in [-0.2, 0) is 4.74 Å². The van der Waals surface area contributed by atoms with Crippen molar-refractivity contribution in [3.05, 3.63) is 24.0 Å². The second-order valence-electron chi connectivity index (χ2n) is 4.74. The number of anilines is 1. The van der Waals surface area contributed by atoms with E-state index in [0.717, 1.165) is 31.0 Å². The van der Waals surface area contributed by atoms with Gasteiger partial charge in [0.15, 0.2) is 0 Å². The SMILES string of the molecule is Cc1cc(NCCCOC2CCCC2)ccn1. The lowest BCUT2D eigenvalue weighted by molar-refractivity contribution is 0.0583. The maximum Gasteiger partial charge on any atom is 0.0575 e. The third kappa shape index (κ3) is 4.35. The molecule has 1 heterocycles. The van der Waals surface area contributed by atoms with Crippen LogP contribution in [0.3, 0.4) is 0 Å². The Morgan fingerprint density at radius 1 is 1.41 bits per heavy atom. The Bertz CT molecular complexity index is 335. The first kappa shape index (κ1) is 12.4. The average molecular weight is 234 g/mol. The maximum atomic E-state index is 5.81. The van der Waals surface area contributed by atoms with Crippen LogP contribution in [0.4, 0.5) is 5.69 Å². The van der Waals surface area contributed by atoms with Gasteiger partial charge in [-0.3, -0.25) is 4.98 Å². The fourth-order valence-corrected chi connectivity index (χ4v) is 2.27. The smallest absolute Gasteiger partial charge is 0.0575 e. The number of ether oxygens (including phenoxy) is 1. The Morgan fingerprint density at radius 2 is 2.24 bits per heavy atom. The topological polar surface area (TPSA) is 34.1 Å². The first-order valence-electron chi connectivity index (χ1n) is 6.63. The van der Waals surface area contributed by atoms with Crippen LogP contribution in [0.2, 0.25) is 0 Å². The molecule has 0 aliphatic heterocycles.